The van der Waals surface area contributed by atoms with Gasteiger partial charge in [-0.05, 0) is 25.1 Å². The molecule has 1 amide bonds. The number of carbonyl (C=O) groups is 1. The van der Waals surface area contributed by atoms with Crippen LogP contribution in [0.1, 0.15) is 6.92 Å². The Hall–Kier alpha value is -2.83. The van der Waals surface area contributed by atoms with E-state index in [4.69, 9.17) is 9.47 Å². The van der Waals surface area contributed by atoms with Gasteiger partial charge >= 0.3 is 0 Å². The minimum absolute atomic E-state index is 0.0318. The molecule has 0 saturated carbocycles. The fourth-order valence-electron chi connectivity index (χ4n) is 3.15. The largest absolute Gasteiger partial charge is 0.482 e. The summed E-state index contributed by atoms with van der Waals surface area (Å²) >= 11 is 0. The number of nitrogens with zero attached hydrogens (tertiary/aromatic N) is 4. The van der Waals surface area contributed by atoms with Crippen molar-refractivity contribution in [3.05, 3.63) is 42.7 Å². The van der Waals surface area contributed by atoms with Crippen molar-refractivity contribution < 1.29 is 14.3 Å². The molecule has 0 bridgehead atoms. The number of hydrogen-bond acceptors (Lipinski definition) is 6. The summed E-state index contributed by atoms with van der Waals surface area (Å²) in [5, 5.41) is 0. The Balaban J connectivity index is 1.41. The average molecular weight is 340 g/mol. The maximum Gasteiger partial charge on any atom is 0.267 e. The smallest absolute Gasteiger partial charge is 0.267 e. The Morgan fingerprint density at radius 1 is 1.00 bits per heavy atom. The minimum atomic E-state index is -0.616. The van der Waals surface area contributed by atoms with Crippen LogP contribution in [0.5, 0.6) is 11.5 Å². The fourth-order valence-corrected chi connectivity index (χ4v) is 3.15. The van der Waals surface area contributed by atoms with E-state index in [0.29, 0.717) is 43.6 Å². The Labute approximate surface area is 146 Å². The lowest BCUT2D eigenvalue weighted by molar-refractivity contribution is -0.144. The summed E-state index contributed by atoms with van der Waals surface area (Å²) in [7, 11) is 0. The molecule has 2 aromatic rings. The van der Waals surface area contributed by atoms with Crippen LogP contribution >= 0.6 is 0 Å². The molecule has 0 radical (unpaired) electrons. The lowest BCUT2D eigenvalue weighted by Gasteiger charge is -2.38. The Bertz CT molecular complexity index is 747. The molecule has 2 aliphatic heterocycles. The van der Waals surface area contributed by atoms with Gasteiger partial charge in [-0.15, -0.1) is 0 Å². The quantitative estimate of drug-likeness (QED) is 0.822. The first-order valence-electron chi connectivity index (χ1n) is 8.45. The first kappa shape index (κ1) is 15.7. The van der Waals surface area contributed by atoms with Crippen LogP contribution in [0, 0.1) is 0 Å². The van der Waals surface area contributed by atoms with E-state index in [1.54, 1.807) is 18.5 Å². The highest BCUT2D eigenvalue weighted by atomic mass is 16.6. The third-order valence-corrected chi connectivity index (χ3v) is 4.51. The molecule has 7 heteroatoms. The van der Waals surface area contributed by atoms with E-state index in [-0.39, 0.29) is 12.0 Å². The van der Waals surface area contributed by atoms with Gasteiger partial charge in [0.15, 0.2) is 11.5 Å². The van der Waals surface area contributed by atoms with E-state index < -0.39 is 6.10 Å². The number of carbonyl (C=O) groups excluding carboxylic acids is 1. The summed E-state index contributed by atoms with van der Waals surface area (Å²) in [6, 6.07) is 9.24. The number of piperazine rings is 1. The number of aromatic nitrogens is 2. The van der Waals surface area contributed by atoms with Gasteiger partial charge in [-0.2, -0.15) is 0 Å². The van der Waals surface area contributed by atoms with E-state index in [1.807, 2.05) is 36.1 Å². The minimum Gasteiger partial charge on any atom is -0.482 e. The van der Waals surface area contributed by atoms with Gasteiger partial charge in [0, 0.05) is 38.6 Å². The van der Waals surface area contributed by atoms with Crippen molar-refractivity contribution in [2.45, 2.75) is 19.1 Å². The summed E-state index contributed by atoms with van der Waals surface area (Å²) in [6.45, 7) is 4.51. The number of para-hydroxylation sites is 2. The normalized spacial score (nSPS) is 22.6. The molecule has 2 atom stereocenters. The number of hydrogen-bond donors (Lipinski definition) is 0. The highest BCUT2D eigenvalue weighted by Gasteiger charge is 2.37. The van der Waals surface area contributed by atoms with Gasteiger partial charge in [-0.25, -0.2) is 9.97 Å². The molecule has 0 aliphatic carbocycles. The Kier molecular flexibility index (Phi) is 4.13. The highest BCUT2D eigenvalue weighted by Crippen LogP contribution is 2.34. The van der Waals surface area contributed by atoms with Gasteiger partial charge < -0.3 is 19.3 Å². The third kappa shape index (κ3) is 3.09. The number of amides is 1. The summed E-state index contributed by atoms with van der Waals surface area (Å²) in [5.74, 6) is 1.98. The van der Waals surface area contributed by atoms with Crippen LogP contribution in [-0.2, 0) is 4.79 Å². The van der Waals surface area contributed by atoms with Crippen molar-refractivity contribution in [2.75, 3.05) is 31.1 Å². The summed E-state index contributed by atoms with van der Waals surface area (Å²) in [4.78, 5) is 25.3. The van der Waals surface area contributed by atoms with Crippen molar-refractivity contribution in [1.29, 1.82) is 0 Å². The molecule has 3 heterocycles. The lowest BCUT2D eigenvalue weighted by Crippen LogP contribution is -2.56. The first-order valence-corrected chi connectivity index (χ1v) is 8.45. The van der Waals surface area contributed by atoms with Crippen molar-refractivity contribution in [2.24, 2.45) is 0 Å². The number of anilines is 1. The average Bonchev–Trinajstić information content (AvgIpc) is 2.68. The van der Waals surface area contributed by atoms with Crippen molar-refractivity contribution in [3.63, 3.8) is 0 Å². The van der Waals surface area contributed by atoms with Crippen molar-refractivity contribution >= 4 is 11.9 Å². The number of ether oxygens (including phenoxy) is 2. The second-order valence-corrected chi connectivity index (χ2v) is 6.17. The zero-order valence-electron chi connectivity index (χ0n) is 14.0. The molecule has 1 aromatic heterocycles. The predicted octanol–water partition coefficient (Wildman–Crippen LogP) is 1.35. The van der Waals surface area contributed by atoms with Gasteiger partial charge in [-0.3, -0.25) is 4.79 Å². The molecular formula is C18H20N4O3. The molecular weight excluding hydrogens is 320 g/mol. The van der Waals surface area contributed by atoms with Crippen LogP contribution in [-0.4, -0.2) is 59.2 Å². The Morgan fingerprint density at radius 2 is 1.64 bits per heavy atom. The molecule has 130 valence electrons. The van der Waals surface area contributed by atoms with Gasteiger partial charge in [0.25, 0.3) is 5.91 Å². The van der Waals surface area contributed by atoms with E-state index in [1.165, 1.54) is 0 Å². The van der Waals surface area contributed by atoms with Gasteiger partial charge in [-0.1, -0.05) is 12.1 Å². The molecule has 2 aliphatic rings. The summed E-state index contributed by atoms with van der Waals surface area (Å²) in [5.41, 5.74) is 0. The third-order valence-electron chi connectivity index (χ3n) is 4.51. The number of fused-ring (bicyclic) bond motifs is 1. The zero-order valence-corrected chi connectivity index (χ0v) is 14.0. The highest BCUT2D eigenvalue weighted by molar-refractivity contribution is 5.82. The van der Waals surface area contributed by atoms with Crippen LogP contribution in [0.25, 0.3) is 0 Å². The van der Waals surface area contributed by atoms with E-state index >= 15 is 0 Å². The van der Waals surface area contributed by atoms with E-state index in [2.05, 4.69) is 14.9 Å². The Morgan fingerprint density at radius 3 is 2.32 bits per heavy atom. The maximum absolute atomic E-state index is 12.9. The molecule has 25 heavy (non-hydrogen) atoms. The van der Waals surface area contributed by atoms with E-state index in [9.17, 15) is 4.79 Å². The monoisotopic (exact) mass is 340 g/mol. The van der Waals surface area contributed by atoms with Crippen LogP contribution in [0.3, 0.4) is 0 Å². The molecule has 0 N–H and O–H groups in total. The van der Waals surface area contributed by atoms with Crippen LogP contribution < -0.4 is 14.4 Å². The van der Waals surface area contributed by atoms with Gasteiger partial charge in [0.2, 0.25) is 12.1 Å². The predicted molar refractivity (Wildman–Crippen MR) is 91.8 cm³/mol. The first-order chi connectivity index (χ1) is 12.2. The number of rotatable bonds is 2. The van der Waals surface area contributed by atoms with Crippen molar-refractivity contribution in [3.8, 4) is 11.5 Å². The second kappa shape index (κ2) is 6.58. The summed E-state index contributed by atoms with van der Waals surface area (Å²) < 4.78 is 11.8. The molecule has 7 nitrogen and oxygen atoms in total. The van der Waals surface area contributed by atoms with E-state index in [0.717, 1.165) is 0 Å². The second-order valence-electron chi connectivity index (χ2n) is 6.17. The van der Waals surface area contributed by atoms with Gasteiger partial charge in [0.05, 0.1) is 0 Å². The fraction of sp³-hybridized carbons (Fsp3) is 0.389. The zero-order chi connectivity index (χ0) is 17.2. The van der Waals surface area contributed by atoms with Crippen LogP contribution in [0.15, 0.2) is 42.7 Å². The topological polar surface area (TPSA) is 67.8 Å². The standard InChI is InChI=1S/C18H20N4O3/c1-13-16(25-15-6-3-2-5-14(15)24-13)17(23)21-9-11-22(12-10-21)18-19-7-4-8-20-18/h2-8,13,16H,9-12H2,1H3. The summed E-state index contributed by atoms with van der Waals surface area (Å²) in [6.07, 6.45) is 2.52. The molecule has 1 aromatic carbocycles. The SMILES string of the molecule is CC1Oc2ccccc2OC1C(=O)N1CCN(c2ncccn2)CC1. The molecule has 1 fully saturated rings. The lowest BCUT2D eigenvalue weighted by atomic mass is 10.1. The molecule has 2 unspecified atom stereocenters. The molecule has 0 spiro atoms. The van der Waals surface area contributed by atoms with Crippen LogP contribution in [0.4, 0.5) is 5.95 Å². The molecule has 1 saturated heterocycles. The molecule has 4 rings (SSSR count). The van der Waals surface area contributed by atoms with Crippen LogP contribution in [0.2, 0.25) is 0 Å². The maximum atomic E-state index is 12.9. The van der Waals surface area contributed by atoms with Gasteiger partial charge in [0.1, 0.15) is 6.10 Å². The number of benzene rings is 1. The van der Waals surface area contributed by atoms with Crippen molar-refractivity contribution in [1.82, 2.24) is 14.9 Å².